The van der Waals surface area contributed by atoms with Crippen LogP contribution in [0.3, 0.4) is 0 Å². The Labute approximate surface area is 68.8 Å². The van der Waals surface area contributed by atoms with Gasteiger partial charge in [0.2, 0.25) is 0 Å². The quantitative estimate of drug-likeness (QED) is 0.557. The zero-order valence-corrected chi connectivity index (χ0v) is 7.58. The Morgan fingerprint density at radius 2 is 2.27 bits per heavy atom. The molecule has 1 saturated heterocycles. The molecule has 1 heterocycles. The summed E-state index contributed by atoms with van der Waals surface area (Å²) in [5.41, 5.74) is 0. The number of ether oxygens (including phenoxy) is 1. The van der Waals surface area contributed by atoms with Crippen molar-refractivity contribution >= 4 is 0 Å². The number of methoxy groups -OCH3 is 1. The smallest absolute Gasteiger partial charge is 0.0716 e. The van der Waals surface area contributed by atoms with Crippen LogP contribution >= 0.6 is 0 Å². The minimum Gasteiger partial charge on any atom is -0.380 e. The molecular formula is C9H17NO. The molecule has 0 aromatic rings. The third-order valence-electron chi connectivity index (χ3n) is 2.31. The second-order valence-electron chi connectivity index (χ2n) is 3.13. The van der Waals surface area contributed by atoms with Crippen LogP contribution in [0.4, 0.5) is 0 Å². The zero-order chi connectivity index (χ0) is 8.27. The zero-order valence-electron chi connectivity index (χ0n) is 7.58. The van der Waals surface area contributed by atoms with E-state index >= 15 is 0 Å². The van der Waals surface area contributed by atoms with Crippen LogP contribution in [0.25, 0.3) is 0 Å². The van der Waals surface area contributed by atoms with Gasteiger partial charge in [-0.25, -0.2) is 0 Å². The summed E-state index contributed by atoms with van der Waals surface area (Å²) in [5, 5.41) is 0. The van der Waals surface area contributed by atoms with Crippen molar-refractivity contribution in [2.24, 2.45) is 0 Å². The molecule has 2 atom stereocenters. The Morgan fingerprint density at radius 3 is 2.73 bits per heavy atom. The number of likely N-dealkylation sites (tertiary alicyclic amines) is 1. The molecule has 2 nitrogen and oxygen atoms in total. The molecule has 0 aliphatic carbocycles. The van der Waals surface area contributed by atoms with Crippen LogP contribution in [-0.4, -0.2) is 37.7 Å². The van der Waals surface area contributed by atoms with Crippen molar-refractivity contribution in [3.8, 4) is 0 Å². The van der Waals surface area contributed by atoms with E-state index < -0.39 is 0 Å². The molecule has 0 aromatic carbocycles. The first-order valence-corrected chi connectivity index (χ1v) is 4.13. The summed E-state index contributed by atoms with van der Waals surface area (Å²) in [5.74, 6) is 0. The van der Waals surface area contributed by atoms with Crippen LogP contribution in [0.1, 0.15) is 13.3 Å². The van der Waals surface area contributed by atoms with E-state index in [1.165, 1.54) is 0 Å². The molecule has 0 radical (unpaired) electrons. The standard InChI is InChI=1S/C9H17NO/c1-4-5-8-6-9(11-3)7-10(8)2/h4-5,8-9H,6-7H2,1-3H3. The average molecular weight is 155 g/mol. The van der Waals surface area contributed by atoms with Crippen molar-refractivity contribution in [2.45, 2.75) is 25.5 Å². The van der Waals surface area contributed by atoms with Gasteiger partial charge in [0, 0.05) is 19.7 Å². The molecule has 64 valence electrons. The van der Waals surface area contributed by atoms with Crippen molar-refractivity contribution in [2.75, 3.05) is 20.7 Å². The van der Waals surface area contributed by atoms with E-state index in [4.69, 9.17) is 4.74 Å². The summed E-state index contributed by atoms with van der Waals surface area (Å²) in [7, 11) is 3.93. The van der Waals surface area contributed by atoms with Gasteiger partial charge in [0.25, 0.3) is 0 Å². The lowest BCUT2D eigenvalue weighted by Gasteiger charge is -2.13. The third kappa shape index (κ3) is 2.04. The van der Waals surface area contributed by atoms with E-state index in [2.05, 4.69) is 31.0 Å². The van der Waals surface area contributed by atoms with E-state index in [0.29, 0.717) is 12.1 Å². The molecule has 0 spiro atoms. The first-order valence-electron chi connectivity index (χ1n) is 4.13. The maximum absolute atomic E-state index is 5.28. The number of rotatable bonds is 2. The van der Waals surface area contributed by atoms with Gasteiger partial charge in [0.15, 0.2) is 0 Å². The minimum atomic E-state index is 0.432. The molecule has 1 rings (SSSR count). The number of hydrogen-bond acceptors (Lipinski definition) is 2. The summed E-state index contributed by atoms with van der Waals surface area (Å²) in [6, 6.07) is 0.588. The largest absolute Gasteiger partial charge is 0.380 e. The monoisotopic (exact) mass is 155 g/mol. The predicted molar refractivity (Wildman–Crippen MR) is 46.6 cm³/mol. The first-order chi connectivity index (χ1) is 5.27. The van der Waals surface area contributed by atoms with E-state index in [1.807, 2.05) is 0 Å². The van der Waals surface area contributed by atoms with Gasteiger partial charge >= 0.3 is 0 Å². The Bertz CT molecular complexity index is 144. The Hall–Kier alpha value is -0.340. The summed E-state index contributed by atoms with van der Waals surface area (Å²) < 4.78 is 5.28. The van der Waals surface area contributed by atoms with Crippen LogP contribution < -0.4 is 0 Å². The van der Waals surface area contributed by atoms with Crippen LogP contribution in [0.15, 0.2) is 12.2 Å². The SMILES string of the molecule is CC=CC1CC(OC)CN1C. The van der Waals surface area contributed by atoms with Crippen molar-refractivity contribution in [3.63, 3.8) is 0 Å². The van der Waals surface area contributed by atoms with Crippen LogP contribution in [0, 0.1) is 0 Å². The maximum Gasteiger partial charge on any atom is 0.0716 e. The van der Waals surface area contributed by atoms with Crippen molar-refractivity contribution in [1.29, 1.82) is 0 Å². The van der Waals surface area contributed by atoms with Gasteiger partial charge in [-0.05, 0) is 20.4 Å². The highest BCUT2D eigenvalue weighted by Gasteiger charge is 2.26. The molecule has 2 heteroatoms. The average Bonchev–Trinajstić information content (AvgIpc) is 2.33. The Kier molecular flexibility index (Phi) is 3.09. The van der Waals surface area contributed by atoms with Gasteiger partial charge in [-0.3, -0.25) is 4.90 Å². The highest BCUT2D eigenvalue weighted by atomic mass is 16.5. The fraction of sp³-hybridized carbons (Fsp3) is 0.778. The lowest BCUT2D eigenvalue weighted by molar-refractivity contribution is 0.111. The van der Waals surface area contributed by atoms with Crippen molar-refractivity contribution < 1.29 is 4.74 Å². The molecule has 0 bridgehead atoms. The lowest BCUT2D eigenvalue weighted by Crippen LogP contribution is -2.23. The Balaban J connectivity index is 2.44. The molecule has 1 fully saturated rings. The highest BCUT2D eigenvalue weighted by molar-refractivity contribution is 4.98. The maximum atomic E-state index is 5.28. The summed E-state index contributed by atoms with van der Waals surface area (Å²) >= 11 is 0. The summed E-state index contributed by atoms with van der Waals surface area (Å²) in [6.45, 7) is 3.12. The molecule has 0 aromatic heterocycles. The minimum absolute atomic E-state index is 0.432. The number of hydrogen-bond donors (Lipinski definition) is 0. The molecule has 0 amide bonds. The van der Waals surface area contributed by atoms with Gasteiger partial charge in [0.05, 0.1) is 6.10 Å². The van der Waals surface area contributed by atoms with Crippen LogP contribution in [0.2, 0.25) is 0 Å². The van der Waals surface area contributed by atoms with Crippen molar-refractivity contribution in [3.05, 3.63) is 12.2 Å². The van der Waals surface area contributed by atoms with Crippen LogP contribution in [-0.2, 0) is 4.74 Å². The third-order valence-corrected chi connectivity index (χ3v) is 2.31. The number of likely N-dealkylation sites (N-methyl/N-ethyl adjacent to an activating group) is 1. The molecule has 2 unspecified atom stereocenters. The van der Waals surface area contributed by atoms with Gasteiger partial charge < -0.3 is 4.74 Å². The molecule has 1 aliphatic rings. The van der Waals surface area contributed by atoms with Crippen molar-refractivity contribution in [1.82, 2.24) is 4.90 Å². The van der Waals surface area contributed by atoms with E-state index in [9.17, 15) is 0 Å². The van der Waals surface area contributed by atoms with Gasteiger partial charge in [-0.15, -0.1) is 0 Å². The van der Waals surface area contributed by atoms with Crippen LogP contribution in [0.5, 0.6) is 0 Å². The van der Waals surface area contributed by atoms with E-state index in [0.717, 1.165) is 13.0 Å². The molecule has 1 aliphatic heterocycles. The van der Waals surface area contributed by atoms with Gasteiger partial charge in [-0.2, -0.15) is 0 Å². The fourth-order valence-corrected chi connectivity index (χ4v) is 1.60. The van der Waals surface area contributed by atoms with E-state index in [1.54, 1.807) is 7.11 Å². The fourth-order valence-electron chi connectivity index (χ4n) is 1.60. The molecule has 0 saturated carbocycles. The predicted octanol–water partition coefficient (Wildman–Crippen LogP) is 1.28. The van der Waals surface area contributed by atoms with Gasteiger partial charge in [0.1, 0.15) is 0 Å². The van der Waals surface area contributed by atoms with Gasteiger partial charge in [-0.1, -0.05) is 12.2 Å². The number of nitrogens with zero attached hydrogens (tertiary/aromatic N) is 1. The molecule has 11 heavy (non-hydrogen) atoms. The Morgan fingerprint density at radius 1 is 1.55 bits per heavy atom. The lowest BCUT2D eigenvalue weighted by atomic mass is 10.2. The topological polar surface area (TPSA) is 12.5 Å². The van der Waals surface area contributed by atoms with E-state index in [-0.39, 0.29) is 0 Å². The molecular weight excluding hydrogens is 138 g/mol. The summed E-state index contributed by atoms with van der Waals surface area (Å²) in [6.07, 6.45) is 5.91. The highest BCUT2D eigenvalue weighted by Crippen LogP contribution is 2.18. The normalized spacial score (nSPS) is 33.7. The molecule has 0 N–H and O–H groups in total. The summed E-state index contributed by atoms with van der Waals surface area (Å²) in [4.78, 5) is 2.33. The number of allylic oxidation sites excluding steroid dienone is 1. The first kappa shape index (κ1) is 8.75. The second-order valence-corrected chi connectivity index (χ2v) is 3.13. The second kappa shape index (κ2) is 3.88.